The molecule has 1 aliphatic carbocycles. The van der Waals surface area contributed by atoms with Crippen LogP contribution in [0.4, 0.5) is 0 Å². The highest BCUT2D eigenvalue weighted by Gasteiger charge is 2.33. The van der Waals surface area contributed by atoms with Crippen LogP contribution in [0.1, 0.15) is 24.5 Å². The first kappa shape index (κ1) is 16.9. The van der Waals surface area contributed by atoms with E-state index < -0.39 is 5.97 Å². The lowest BCUT2D eigenvalue weighted by Crippen LogP contribution is -2.50. The van der Waals surface area contributed by atoms with Crippen LogP contribution in [-0.4, -0.2) is 35.6 Å². The average molecular weight is 349 g/mol. The van der Waals surface area contributed by atoms with Crippen LogP contribution in [0.25, 0.3) is 5.57 Å². The van der Waals surface area contributed by atoms with Crippen LogP contribution in [0.2, 0.25) is 0 Å². The molecule has 4 nitrogen and oxygen atoms in total. The van der Waals surface area contributed by atoms with Gasteiger partial charge in [0.15, 0.2) is 0 Å². The minimum absolute atomic E-state index is 0.190. The second-order valence-electron chi connectivity index (χ2n) is 7.19. The van der Waals surface area contributed by atoms with Gasteiger partial charge in [-0.05, 0) is 60.7 Å². The highest BCUT2D eigenvalue weighted by atomic mass is 16.5. The Hall–Kier alpha value is -2.59. The van der Waals surface area contributed by atoms with Crippen LogP contribution in [0.5, 0.6) is 11.5 Å². The fourth-order valence-electron chi connectivity index (χ4n) is 3.82. The largest absolute Gasteiger partial charge is 0.481 e. The molecule has 1 fully saturated rings. The van der Waals surface area contributed by atoms with Gasteiger partial charge in [-0.15, -0.1) is 0 Å². The van der Waals surface area contributed by atoms with Crippen molar-refractivity contribution in [3.8, 4) is 11.5 Å². The normalized spacial score (nSPS) is 17.6. The molecule has 0 bridgehead atoms. The summed E-state index contributed by atoms with van der Waals surface area (Å²) in [5.74, 6) is 0.858. The van der Waals surface area contributed by atoms with Crippen LogP contribution >= 0.6 is 0 Å². The molecule has 1 N–H and O–H groups in total. The molecule has 1 aliphatic heterocycles. The summed E-state index contributed by atoms with van der Waals surface area (Å²) in [6, 6.07) is 16.2. The minimum Gasteiger partial charge on any atom is -0.481 e. The van der Waals surface area contributed by atoms with Gasteiger partial charge < -0.3 is 9.84 Å². The molecule has 0 atom stereocenters. The van der Waals surface area contributed by atoms with Crippen molar-refractivity contribution in [2.75, 3.05) is 19.6 Å². The van der Waals surface area contributed by atoms with Crippen LogP contribution in [0.15, 0.2) is 54.1 Å². The summed E-state index contributed by atoms with van der Waals surface area (Å²) in [7, 11) is 0. The van der Waals surface area contributed by atoms with Crippen molar-refractivity contribution in [2.45, 2.75) is 19.8 Å². The second-order valence-corrected chi connectivity index (χ2v) is 7.19. The van der Waals surface area contributed by atoms with Crippen molar-refractivity contribution in [3.63, 3.8) is 0 Å². The Bertz CT molecular complexity index is 851. The first-order valence-electron chi connectivity index (χ1n) is 9.10. The number of para-hydroxylation sites is 1. The van der Waals surface area contributed by atoms with Crippen molar-refractivity contribution in [2.24, 2.45) is 5.92 Å². The van der Waals surface area contributed by atoms with Crippen molar-refractivity contribution in [3.05, 3.63) is 65.2 Å². The Labute approximate surface area is 153 Å². The van der Waals surface area contributed by atoms with Crippen LogP contribution < -0.4 is 4.74 Å². The van der Waals surface area contributed by atoms with Gasteiger partial charge in [-0.2, -0.15) is 0 Å². The Morgan fingerprint density at radius 2 is 1.88 bits per heavy atom. The molecular weight excluding hydrogens is 326 g/mol. The van der Waals surface area contributed by atoms with E-state index in [0.29, 0.717) is 13.1 Å². The predicted molar refractivity (Wildman–Crippen MR) is 101 cm³/mol. The molecule has 134 valence electrons. The fourth-order valence-corrected chi connectivity index (χ4v) is 3.82. The molecule has 0 saturated carbocycles. The SMILES string of the molecule is CC1=C(CN2CC(C(=O)O)C2)CCc2cc(Oc3ccccc3)ccc21. The number of allylic oxidation sites excluding steroid dienone is 1. The number of aryl methyl sites for hydroxylation is 1. The first-order valence-corrected chi connectivity index (χ1v) is 9.10. The van der Waals surface area contributed by atoms with Crippen LogP contribution in [-0.2, 0) is 11.2 Å². The van der Waals surface area contributed by atoms with E-state index in [2.05, 4.69) is 24.0 Å². The van der Waals surface area contributed by atoms with E-state index in [1.54, 1.807) is 0 Å². The number of hydrogen-bond acceptors (Lipinski definition) is 3. The minimum atomic E-state index is -0.674. The molecule has 2 aromatic rings. The molecular formula is C22H23NO3. The maximum absolute atomic E-state index is 11.0. The molecule has 4 heteroatoms. The van der Waals surface area contributed by atoms with Crippen molar-refractivity contribution < 1.29 is 14.6 Å². The number of hydrogen-bond donors (Lipinski definition) is 1. The highest BCUT2D eigenvalue weighted by Crippen LogP contribution is 2.35. The molecule has 0 radical (unpaired) electrons. The van der Waals surface area contributed by atoms with E-state index in [1.165, 1.54) is 22.3 Å². The zero-order valence-corrected chi connectivity index (χ0v) is 14.9. The topological polar surface area (TPSA) is 49.8 Å². The molecule has 2 aliphatic rings. The third-order valence-corrected chi connectivity index (χ3v) is 5.41. The van der Waals surface area contributed by atoms with Crippen molar-refractivity contribution >= 4 is 11.5 Å². The number of carbonyl (C=O) groups is 1. The summed E-state index contributed by atoms with van der Waals surface area (Å²) < 4.78 is 5.95. The number of nitrogens with zero attached hydrogens (tertiary/aromatic N) is 1. The van der Waals surface area contributed by atoms with Gasteiger partial charge in [0.1, 0.15) is 11.5 Å². The first-order chi connectivity index (χ1) is 12.6. The average Bonchev–Trinajstić information content (AvgIpc) is 2.60. The van der Waals surface area contributed by atoms with E-state index in [4.69, 9.17) is 9.84 Å². The predicted octanol–water partition coefficient (Wildman–Crippen LogP) is 4.22. The van der Waals surface area contributed by atoms with Crippen molar-refractivity contribution in [1.29, 1.82) is 0 Å². The van der Waals surface area contributed by atoms with E-state index in [0.717, 1.165) is 30.9 Å². The molecule has 4 rings (SSSR count). The third kappa shape index (κ3) is 3.37. The summed E-state index contributed by atoms with van der Waals surface area (Å²) in [4.78, 5) is 13.2. The molecule has 2 aromatic carbocycles. The molecule has 0 spiro atoms. The van der Waals surface area contributed by atoms with Gasteiger partial charge in [0, 0.05) is 19.6 Å². The van der Waals surface area contributed by atoms with Crippen LogP contribution in [0.3, 0.4) is 0 Å². The number of carboxylic acids is 1. The van der Waals surface area contributed by atoms with Gasteiger partial charge in [-0.3, -0.25) is 9.69 Å². The van der Waals surface area contributed by atoms with Crippen molar-refractivity contribution in [1.82, 2.24) is 4.90 Å². The highest BCUT2D eigenvalue weighted by molar-refractivity contribution is 5.73. The number of benzene rings is 2. The quantitative estimate of drug-likeness (QED) is 0.878. The molecule has 1 heterocycles. The van der Waals surface area contributed by atoms with Gasteiger partial charge in [0.2, 0.25) is 0 Å². The molecule has 0 unspecified atom stereocenters. The van der Waals surface area contributed by atoms with E-state index in [-0.39, 0.29) is 5.92 Å². The Kier molecular flexibility index (Phi) is 4.51. The lowest BCUT2D eigenvalue weighted by molar-refractivity contribution is -0.147. The number of ether oxygens (including phenoxy) is 1. The Balaban J connectivity index is 1.47. The Morgan fingerprint density at radius 3 is 2.62 bits per heavy atom. The third-order valence-electron chi connectivity index (χ3n) is 5.41. The zero-order valence-electron chi connectivity index (χ0n) is 14.9. The summed E-state index contributed by atoms with van der Waals surface area (Å²) in [6.45, 7) is 4.41. The monoisotopic (exact) mass is 349 g/mol. The summed E-state index contributed by atoms with van der Waals surface area (Å²) in [5, 5.41) is 9.02. The number of likely N-dealkylation sites (tertiary alicyclic amines) is 1. The maximum Gasteiger partial charge on any atom is 0.309 e. The molecule has 0 amide bonds. The summed E-state index contributed by atoms with van der Waals surface area (Å²) in [6.07, 6.45) is 2.03. The maximum atomic E-state index is 11.0. The summed E-state index contributed by atoms with van der Waals surface area (Å²) >= 11 is 0. The van der Waals surface area contributed by atoms with Gasteiger partial charge in [-0.25, -0.2) is 0 Å². The van der Waals surface area contributed by atoms with Gasteiger partial charge in [0.25, 0.3) is 0 Å². The molecule has 26 heavy (non-hydrogen) atoms. The van der Waals surface area contributed by atoms with Gasteiger partial charge in [-0.1, -0.05) is 29.8 Å². The van der Waals surface area contributed by atoms with Gasteiger partial charge >= 0.3 is 5.97 Å². The van der Waals surface area contributed by atoms with E-state index in [9.17, 15) is 4.79 Å². The number of rotatable bonds is 5. The molecule has 0 aromatic heterocycles. The fraction of sp³-hybridized carbons (Fsp3) is 0.318. The smallest absolute Gasteiger partial charge is 0.309 e. The number of carboxylic acid groups (broad SMARTS) is 1. The lowest BCUT2D eigenvalue weighted by atomic mass is 9.85. The van der Waals surface area contributed by atoms with E-state index >= 15 is 0 Å². The number of aliphatic carboxylic acids is 1. The standard InChI is InChI=1S/C22H23NO3/c1-15-17(12-23-13-18(14-23)22(24)25)8-7-16-11-20(9-10-21(15)16)26-19-5-3-2-4-6-19/h2-6,9-11,18H,7-8,12-14H2,1H3,(H,24,25). The lowest BCUT2D eigenvalue weighted by Gasteiger charge is -2.38. The second kappa shape index (κ2) is 6.96. The van der Waals surface area contributed by atoms with Crippen LogP contribution in [0, 0.1) is 5.92 Å². The Morgan fingerprint density at radius 1 is 1.12 bits per heavy atom. The number of fused-ring (bicyclic) bond motifs is 1. The van der Waals surface area contributed by atoms with Gasteiger partial charge in [0.05, 0.1) is 5.92 Å². The summed E-state index contributed by atoms with van der Waals surface area (Å²) in [5.41, 5.74) is 5.38. The molecule has 1 saturated heterocycles. The zero-order chi connectivity index (χ0) is 18.1. The van der Waals surface area contributed by atoms with E-state index in [1.807, 2.05) is 36.4 Å².